The van der Waals surface area contributed by atoms with Gasteiger partial charge in [0.05, 0.1) is 7.11 Å². The van der Waals surface area contributed by atoms with Gasteiger partial charge in [-0.15, -0.1) is 0 Å². The largest absolute Gasteiger partial charge is 0.497 e. The van der Waals surface area contributed by atoms with Crippen molar-refractivity contribution in [1.29, 1.82) is 0 Å². The molecule has 1 saturated carbocycles. The number of benzene rings is 1. The predicted molar refractivity (Wildman–Crippen MR) is 90.3 cm³/mol. The lowest BCUT2D eigenvalue weighted by Gasteiger charge is -2.35. The lowest BCUT2D eigenvalue weighted by molar-refractivity contribution is 0.278. The number of rotatable bonds is 7. The summed E-state index contributed by atoms with van der Waals surface area (Å²) in [5.41, 5.74) is 1.66. The Bertz CT molecular complexity index is 439. The first-order valence-electron chi connectivity index (χ1n) is 8.13. The van der Waals surface area contributed by atoms with Crippen molar-refractivity contribution in [3.05, 3.63) is 24.3 Å². The van der Waals surface area contributed by atoms with Gasteiger partial charge in [-0.3, -0.25) is 0 Å². The highest BCUT2D eigenvalue weighted by molar-refractivity contribution is 5.50. The van der Waals surface area contributed by atoms with E-state index in [-0.39, 0.29) is 0 Å². The highest BCUT2D eigenvalue weighted by Gasteiger charge is 2.34. The van der Waals surface area contributed by atoms with Gasteiger partial charge < -0.3 is 15.0 Å². The second-order valence-electron chi connectivity index (χ2n) is 6.80. The summed E-state index contributed by atoms with van der Waals surface area (Å²) in [5.74, 6) is 0.931. The van der Waals surface area contributed by atoms with Crippen molar-refractivity contribution < 1.29 is 4.74 Å². The van der Waals surface area contributed by atoms with Crippen molar-refractivity contribution in [2.45, 2.75) is 45.6 Å². The van der Waals surface area contributed by atoms with Crippen molar-refractivity contribution in [3.8, 4) is 5.75 Å². The molecule has 0 spiro atoms. The number of nitrogens with zero attached hydrogens (tertiary/aromatic N) is 1. The zero-order chi connectivity index (χ0) is 15.3. The van der Waals surface area contributed by atoms with Gasteiger partial charge >= 0.3 is 0 Å². The van der Waals surface area contributed by atoms with E-state index in [0.29, 0.717) is 11.5 Å². The van der Waals surface area contributed by atoms with Crippen LogP contribution in [0.2, 0.25) is 0 Å². The standard InChI is InChI=1S/C18H30N2O/c1-15(2)19-13-18(10-5-6-11-18)14-20(3)16-8-7-9-17(12-16)21-4/h7-9,12,15,19H,5-6,10-11,13-14H2,1-4H3. The maximum atomic E-state index is 5.34. The molecule has 1 aromatic carbocycles. The van der Waals surface area contributed by atoms with E-state index in [1.54, 1.807) is 7.11 Å². The summed E-state index contributed by atoms with van der Waals surface area (Å²) >= 11 is 0. The summed E-state index contributed by atoms with van der Waals surface area (Å²) in [6.45, 7) is 6.70. The van der Waals surface area contributed by atoms with Crippen molar-refractivity contribution >= 4 is 5.69 Å². The van der Waals surface area contributed by atoms with Gasteiger partial charge in [0.25, 0.3) is 0 Å². The molecule has 21 heavy (non-hydrogen) atoms. The number of nitrogens with one attached hydrogen (secondary N) is 1. The van der Waals surface area contributed by atoms with E-state index in [0.717, 1.165) is 18.8 Å². The first-order chi connectivity index (χ1) is 10.0. The third kappa shape index (κ3) is 4.37. The molecule has 0 aliphatic heterocycles. The van der Waals surface area contributed by atoms with Gasteiger partial charge in [0.2, 0.25) is 0 Å². The van der Waals surface area contributed by atoms with Crippen LogP contribution in [0.1, 0.15) is 39.5 Å². The molecule has 0 saturated heterocycles. The molecular weight excluding hydrogens is 260 g/mol. The van der Waals surface area contributed by atoms with E-state index in [2.05, 4.69) is 49.3 Å². The molecule has 2 rings (SSSR count). The molecule has 0 radical (unpaired) electrons. The highest BCUT2D eigenvalue weighted by atomic mass is 16.5. The molecule has 0 amide bonds. The van der Waals surface area contributed by atoms with E-state index < -0.39 is 0 Å². The fourth-order valence-electron chi connectivity index (χ4n) is 3.38. The highest BCUT2D eigenvalue weighted by Crippen LogP contribution is 2.39. The molecule has 0 aromatic heterocycles. The maximum absolute atomic E-state index is 5.34. The molecule has 3 nitrogen and oxygen atoms in total. The number of hydrogen-bond donors (Lipinski definition) is 1. The molecule has 1 aromatic rings. The van der Waals surface area contributed by atoms with Crippen LogP contribution >= 0.6 is 0 Å². The monoisotopic (exact) mass is 290 g/mol. The first kappa shape index (κ1) is 16.2. The number of methoxy groups -OCH3 is 1. The summed E-state index contributed by atoms with van der Waals surface area (Å²) in [4.78, 5) is 2.38. The Kier molecular flexibility index (Phi) is 5.51. The Morgan fingerprint density at radius 3 is 2.62 bits per heavy atom. The quantitative estimate of drug-likeness (QED) is 0.829. The van der Waals surface area contributed by atoms with Gasteiger partial charge in [-0.05, 0) is 25.0 Å². The molecule has 0 heterocycles. The van der Waals surface area contributed by atoms with Crippen LogP contribution in [0.4, 0.5) is 5.69 Å². The predicted octanol–water partition coefficient (Wildman–Crippen LogP) is 3.69. The minimum Gasteiger partial charge on any atom is -0.497 e. The number of anilines is 1. The Hall–Kier alpha value is -1.22. The topological polar surface area (TPSA) is 24.5 Å². The number of hydrogen-bond acceptors (Lipinski definition) is 3. The average Bonchev–Trinajstić information content (AvgIpc) is 2.94. The average molecular weight is 290 g/mol. The Morgan fingerprint density at radius 2 is 2.00 bits per heavy atom. The zero-order valence-corrected chi connectivity index (χ0v) is 14.0. The summed E-state index contributed by atoms with van der Waals surface area (Å²) < 4.78 is 5.34. The van der Waals surface area contributed by atoms with E-state index >= 15 is 0 Å². The third-order valence-electron chi connectivity index (χ3n) is 4.62. The van der Waals surface area contributed by atoms with Gasteiger partial charge in [-0.1, -0.05) is 32.8 Å². The van der Waals surface area contributed by atoms with Crippen molar-refractivity contribution in [3.63, 3.8) is 0 Å². The molecule has 0 unspecified atom stereocenters. The molecule has 118 valence electrons. The Morgan fingerprint density at radius 1 is 1.29 bits per heavy atom. The molecule has 1 aliphatic carbocycles. The SMILES string of the molecule is COc1cccc(N(C)CC2(CNC(C)C)CCCC2)c1. The van der Waals surface area contributed by atoms with E-state index in [9.17, 15) is 0 Å². The van der Waals surface area contributed by atoms with Crippen LogP contribution in [0, 0.1) is 5.41 Å². The maximum Gasteiger partial charge on any atom is 0.120 e. The summed E-state index contributed by atoms with van der Waals surface area (Å²) in [5, 5.41) is 3.66. The van der Waals surface area contributed by atoms with Crippen LogP contribution in [-0.2, 0) is 0 Å². The minimum atomic E-state index is 0.419. The third-order valence-corrected chi connectivity index (χ3v) is 4.62. The molecule has 1 N–H and O–H groups in total. The van der Waals surface area contributed by atoms with Crippen LogP contribution in [0.25, 0.3) is 0 Å². The number of ether oxygens (including phenoxy) is 1. The van der Waals surface area contributed by atoms with Gasteiger partial charge in [0, 0.05) is 43.3 Å². The normalized spacial score (nSPS) is 17.2. The molecule has 1 fully saturated rings. The van der Waals surface area contributed by atoms with E-state index in [1.807, 2.05) is 6.07 Å². The second-order valence-corrected chi connectivity index (χ2v) is 6.80. The minimum absolute atomic E-state index is 0.419. The summed E-state index contributed by atoms with van der Waals surface area (Å²) in [6, 6.07) is 8.92. The Labute approximate surface area is 129 Å². The molecular formula is C18H30N2O. The van der Waals surface area contributed by atoms with Crippen LogP contribution in [0.3, 0.4) is 0 Å². The molecule has 1 aliphatic rings. The molecule has 3 heteroatoms. The fourth-order valence-corrected chi connectivity index (χ4v) is 3.38. The fraction of sp³-hybridized carbons (Fsp3) is 0.667. The Balaban J connectivity index is 2.05. The van der Waals surface area contributed by atoms with Crippen LogP contribution in [-0.4, -0.2) is 33.3 Å². The van der Waals surface area contributed by atoms with Crippen LogP contribution in [0.15, 0.2) is 24.3 Å². The van der Waals surface area contributed by atoms with Crippen molar-refractivity contribution in [2.75, 3.05) is 32.1 Å². The van der Waals surface area contributed by atoms with Gasteiger partial charge in [-0.2, -0.15) is 0 Å². The lowest BCUT2D eigenvalue weighted by Crippen LogP contribution is -2.43. The van der Waals surface area contributed by atoms with E-state index in [4.69, 9.17) is 4.74 Å². The van der Waals surface area contributed by atoms with Gasteiger partial charge in [0.15, 0.2) is 0 Å². The second kappa shape index (κ2) is 7.17. The zero-order valence-electron chi connectivity index (χ0n) is 14.0. The molecule has 0 atom stereocenters. The van der Waals surface area contributed by atoms with Crippen molar-refractivity contribution in [2.24, 2.45) is 5.41 Å². The van der Waals surface area contributed by atoms with Gasteiger partial charge in [-0.25, -0.2) is 0 Å². The van der Waals surface area contributed by atoms with Gasteiger partial charge in [0.1, 0.15) is 5.75 Å². The smallest absolute Gasteiger partial charge is 0.120 e. The van der Waals surface area contributed by atoms with Crippen molar-refractivity contribution in [1.82, 2.24) is 5.32 Å². The molecule has 0 bridgehead atoms. The lowest BCUT2D eigenvalue weighted by atomic mass is 9.85. The summed E-state index contributed by atoms with van der Waals surface area (Å²) in [7, 11) is 3.92. The van der Waals surface area contributed by atoms with E-state index in [1.165, 1.54) is 31.4 Å². The van der Waals surface area contributed by atoms with Crippen LogP contribution in [0.5, 0.6) is 5.75 Å². The van der Waals surface area contributed by atoms with Crippen LogP contribution < -0.4 is 15.0 Å². The first-order valence-corrected chi connectivity index (χ1v) is 8.13. The summed E-state index contributed by atoms with van der Waals surface area (Å²) in [6.07, 6.45) is 5.40.